The first-order valence-electron chi connectivity index (χ1n) is 16.4. The van der Waals surface area contributed by atoms with Gasteiger partial charge >= 0.3 is 0 Å². The molecule has 6 rings (SSSR count). The molecule has 4 aromatic rings. The Morgan fingerprint density at radius 3 is 2.35 bits per heavy atom. The quantitative estimate of drug-likeness (QED) is 0.200. The molecule has 0 unspecified atom stereocenters. The summed E-state index contributed by atoms with van der Waals surface area (Å²) in [6, 6.07) is 33.8. The van der Waals surface area contributed by atoms with Crippen molar-refractivity contribution in [3.05, 3.63) is 190 Å². The first-order chi connectivity index (χ1) is 22.5. The minimum atomic E-state index is 0.964. The molecule has 4 aromatic carbocycles. The van der Waals surface area contributed by atoms with Crippen molar-refractivity contribution in [2.75, 3.05) is 4.90 Å². The zero-order valence-corrected chi connectivity index (χ0v) is 27.3. The summed E-state index contributed by atoms with van der Waals surface area (Å²) in [6.45, 7) is 10.4. The third-order valence-corrected chi connectivity index (χ3v) is 8.85. The van der Waals surface area contributed by atoms with Crippen LogP contribution in [0.5, 0.6) is 0 Å². The third kappa shape index (κ3) is 6.90. The molecule has 228 valence electrons. The minimum Gasteiger partial charge on any atom is -0.317 e. The zero-order chi connectivity index (χ0) is 31.9. The summed E-state index contributed by atoms with van der Waals surface area (Å²) in [4.78, 5) is 2.32. The predicted molar refractivity (Wildman–Crippen MR) is 200 cm³/mol. The fraction of sp³-hybridized carbons (Fsp3) is 0.156. The lowest BCUT2D eigenvalue weighted by Crippen LogP contribution is -2.33. The van der Waals surface area contributed by atoms with E-state index < -0.39 is 0 Å². The first-order valence-corrected chi connectivity index (χ1v) is 16.4. The maximum atomic E-state index is 3.94. The highest BCUT2D eigenvalue weighted by molar-refractivity contribution is 5.89. The summed E-state index contributed by atoms with van der Waals surface area (Å²) in [5, 5.41) is 6.34. The van der Waals surface area contributed by atoms with Crippen LogP contribution in [0.4, 0.5) is 5.69 Å². The Morgan fingerprint density at radius 1 is 0.761 bits per heavy atom. The largest absolute Gasteiger partial charge is 0.317 e. The molecule has 2 bridgehead atoms. The van der Waals surface area contributed by atoms with E-state index in [1.165, 1.54) is 54.3 Å². The monoisotopic (exact) mass is 597 g/mol. The Bertz CT molecular complexity index is 2130. The summed E-state index contributed by atoms with van der Waals surface area (Å²) in [6.07, 6.45) is 24.1. The Kier molecular flexibility index (Phi) is 9.60. The van der Waals surface area contributed by atoms with E-state index in [9.17, 15) is 0 Å². The van der Waals surface area contributed by atoms with E-state index in [0.29, 0.717) is 0 Å². The topological polar surface area (TPSA) is 3.24 Å². The van der Waals surface area contributed by atoms with Gasteiger partial charge in [-0.05, 0) is 115 Å². The van der Waals surface area contributed by atoms with Crippen LogP contribution in [-0.2, 0) is 6.42 Å². The number of hydrogen-bond acceptors (Lipinski definition) is 1. The smallest absolute Gasteiger partial charge is 0.0530 e. The van der Waals surface area contributed by atoms with E-state index in [-0.39, 0.29) is 0 Å². The van der Waals surface area contributed by atoms with Crippen molar-refractivity contribution in [2.24, 2.45) is 0 Å². The normalized spacial score (nSPS) is 18.3. The molecule has 1 heteroatoms. The number of fused-ring (bicyclic) bond motifs is 2. The SMILES string of the molecule is C=C/C(C)=C\C=C\N(C1=c2\cccc\c2=C(c2cc(C)cccc3c4cc2ccc4=CCC3)\C=C\CC\C=C\1)c1ccc(C)cc1. The molecule has 0 amide bonds. The molecule has 2 aliphatic rings. The predicted octanol–water partition coefficient (Wildman–Crippen LogP) is 9.39. The van der Waals surface area contributed by atoms with E-state index in [2.05, 4.69) is 172 Å². The van der Waals surface area contributed by atoms with Gasteiger partial charge in [0.2, 0.25) is 0 Å². The van der Waals surface area contributed by atoms with Crippen molar-refractivity contribution in [3.8, 4) is 0 Å². The van der Waals surface area contributed by atoms with Crippen molar-refractivity contribution >= 4 is 33.8 Å². The molecule has 0 fully saturated rings. The standard InChI is InChI=1S/C45H43N/c1-5-33(2)16-14-30-46(39-28-24-34(3)25-29-39)45-23-9-7-6-8-20-41(40-21-10-11-22-42(40)45)44-31-35(4)15-12-17-36-18-13-19-37-26-27-38(44)32-43(36)37/h5,8-12,14-17,19-32H,1,6-7,13,18H2,2-4H3/b15-12?,17-12?,20-8+,23-9+,30-14+,33-16-,35-15?,35-31?,36-17?,41-40+,44-31?,44-38?,45-42+. The molecule has 0 spiro atoms. The maximum Gasteiger partial charge on any atom is 0.0530 e. The molecule has 0 N–H and O–H groups in total. The van der Waals surface area contributed by atoms with Gasteiger partial charge in [0.1, 0.15) is 0 Å². The Labute approximate surface area is 274 Å². The molecule has 46 heavy (non-hydrogen) atoms. The highest BCUT2D eigenvalue weighted by Crippen LogP contribution is 2.25. The lowest BCUT2D eigenvalue weighted by molar-refractivity contribution is 1.04. The highest BCUT2D eigenvalue weighted by atomic mass is 15.1. The number of hydrogen-bond donors (Lipinski definition) is 0. The summed E-state index contributed by atoms with van der Waals surface area (Å²) in [7, 11) is 0. The molecule has 0 aromatic heterocycles. The van der Waals surface area contributed by atoms with E-state index in [1.54, 1.807) is 0 Å². The zero-order valence-electron chi connectivity index (χ0n) is 27.3. The van der Waals surface area contributed by atoms with Crippen molar-refractivity contribution in [2.45, 2.75) is 46.5 Å². The van der Waals surface area contributed by atoms with Crippen LogP contribution in [0, 0.1) is 13.8 Å². The van der Waals surface area contributed by atoms with Crippen molar-refractivity contribution < 1.29 is 0 Å². The number of aryl methyl sites for hydroxylation is 3. The van der Waals surface area contributed by atoms with Gasteiger partial charge in [0.15, 0.2) is 0 Å². The van der Waals surface area contributed by atoms with Crippen LogP contribution in [0.2, 0.25) is 0 Å². The molecular formula is C45H43N. The molecule has 0 saturated carbocycles. The lowest BCUT2D eigenvalue weighted by atomic mass is 9.92. The molecule has 0 radical (unpaired) electrons. The molecular weight excluding hydrogens is 555 g/mol. The van der Waals surface area contributed by atoms with E-state index in [4.69, 9.17) is 0 Å². The molecule has 0 atom stereocenters. The summed E-state index contributed by atoms with van der Waals surface area (Å²) >= 11 is 0. The van der Waals surface area contributed by atoms with Gasteiger partial charge in [0.25, 0.3) is 0 Å². The second-order valence-electron chi connectivity index (χ2n) is 12.3. The van der Waals surface area contributed by atoms with Gasteiger partial charge < -0.3 is 4.90 Å². The second kappa shape index (κ2) is 14.3. The first kappa shape index (κ1) is 30.9. The highest BCUT2D eigenvalue weighted by Gasteiger charge is 2.13. The molecule has 1 nitrogen and oxygen atoms in total. The fourth-order valence-corrected chi connectivity index (χ4v) is 6.29. The van der Waals surface area contributed by atoms with Gasteiger partial charge in [-0.2, -0.15) is 0 Å². The fourth-order valence-electron chi connectivity index (χ4n) is 6.29. The van der Waals surface area contributed by atoms with Gasteiger partial charge in [0, 0.05) is 17.1 Å². The van der Waals surface area contributed by atoms with Gasteiger partial charge in [-0.25, -0.2) is 0 Å². The van der Waals surface area contributed by atoms with Gasteiger partial charge in [-0.15, -0.1) is 0 Å². The summed E-state index contributed by atoms with van der Waals surface area (Å²) in [5.41, 5.74) is 9.74. The summed E-state index contributed by atoms with van der Waals surface area (Å²) in [5.74, 6) is 0. The van der Waals surface area contributed by atoms with E-state index >= 15 is 0 Å². The van der Waals surface area contributed by atoms with Crippen LogP contribution in [0.25, 0.3) is 28.1 Å². The van der Waals surface area contributed by atoms with Crippen molar-refractivity contribution in [1.29, 1.82) is 0 Å². The van der Waals surface area contributed by atoms with Gasteiger partial charge in [-0.3, -0.25) is 0 Å². The van der Waals surface area contributed by atoms with E-state index in [0.717, 1.165) is 42.6 Å². The average molecular weight is 598 g/mol. The van der Waals surface area contributed by atoms with Crippen molar-refractivity contribution in [1.82, 2.24) is 0 Å². The van der Waals surface area contributed by atoms with E-state index in [1.807, 2.05) is 6.08 Å². The number of anilines is 1. The lowest BCUT2D eigenvalue weighted by Gasteiger charge is -2.23. The molecule has 0 aliphatic heterocycles. The Balaban J connectivity index is 1.74. The number of benzene rings is 3. The third-order valence-electron chi connectivity index (χ3n) is 8.85. The number of allylic oxidation sites excluding steroid dienone is 7. The minimum absolute atomic E-state index is 0.964. The second-order valence-corrected chi connectivity index (χ2v) is 12.3. The van der Waals surface area contributed by atoms with Gasteiger partial charge in [-0.1, -0.05) is 133 Å². The Morgan fingerprint density at radius 2 is 1.54 bits per heavy atom. The maximum absolute atomic E-state index is 3.94. The van der Waals surface area contributed by atoms with Crippen LogP contribution in [-0.4, -0.2) is 0 Å². The van der Waals surface area contributed by atoms with Crippen LogP contribution in [0.15, 0.2) is 152 Å². The van der Waals surface area contributed by atoms with Gasteiger partial charge in [0.05, 0.1) is 5.70 Å². The number of rotatable bonds is 6. The Hall–Kier alpha value is -5.14. The summed E-state index contributed by atoms with van der Waals surface area (Å²) < 4.78 is 0. The van der Waals surface area contributed by atoms with Crippen LogP contribution >= 0.6 is 0 Å². The molecule has 0 saturated heterocycles. The van der Waals surface area contributed by atoms with Crippen LogP contribution in [0.1, 0.15) is 48.4 Å². The average Bonchev–Trinajstić information content (AvgIpc) is 3.08. The van der Waals surface area contributed by atoms with Crippen molar-refractivity contribution in [3.63, 3.8) is 0 Å². The molecule has 2 aliphatic carbocycles. The van der Waals surface area contributed by atoms with Crippen LogP contribution < -0.4 is 20.6 Å². The molecule has 0 heterocycles. The number of nitrogens with zero attached hydrogens (tertiary/aromatic N) is 1. The van der Waals surface area contributed by atoms with Crippen LogP contribution in [0.3, 0.4) is 0 Å².